The van der Waals surface area contributed by atoms with Gasteiger partial charge in [0.2, 0.25) is 10.9 Å². The van der Waals surface area contributed by atoms with Crippen LogP contribution in [0.25, 0.3) is 11.1 Å². The minimum atomic E-state index is -3.44. The maximum atomic E-state index is 13.6. The predicted octanol–water partition coefficient (Wildman–Crippen LogP) is 6.59. The average molecular weight is 640 g/mol. The van der Waals surface area contributed by atoms with Crippen molar-refractivity contribution in [3.8, 4) is 16.9 Å². The summed E-state index contributed by atoms with van der Waals surface area (Å²) < 4.78 is 36.0. The number of esters is 1. The summed E-state index contributed by atoms with van der Waals surface area (Å²) in [5.74, 6) is -1.45. The molecule has 3 aromatic carbocycles. The van der Waals surface area contributed by atoms with Crippen LogP contribution in [-0.2, 0) is 24.2 Å². The molecule has 0 aromatic heterocycles. The number of amides is 1. The molecule has 1 amide bonds. The molecule has 1 saturated carbocycles. The molecular formula is C29H29Cl3N2O6S. The lowest BCUT2D eigenvalue weighted by molar-refractivity contribution is -0.144. The number of sulfone groups is 1. The summed E-state index contributed by atoms with van der Waals surface area (Å²) in [6.45, 7) is 1.81. The molecule has 218 valence electrons. The zero-order chi connectivity index (χ0) is 29.7. The van der Waals surface area contributed by atoms with E-state index in [1.807, 2.05) is 0 Å². The number of halogens is 3. The molecule has 0 saturated heterocycles. The van der Waals surface area contributed by atoms with E-state index in [0.717, 1.165) is 12.8 Å². The van der Waals surface area contributed by atoms with Crippen LogP contribution in [0.2, 0.25) is 5.02 Å². The topological polar surface area (TPSA) is 125 Å². The molecule has 41 heavy (non-hydrogen) atoms. The number of nitrogens with two attached hydrogens (primary N) is 1. The monoisotopic (exact) mass is 638 g/mol. The highest BCUT2D eigenvalue weighted by Gasteiger charge is 2.30. The van der Waals surface area contributed by atoms with Crippen LogP contribution in [0.1, 0.15) is 37.7 Å². The first kappa shape index (κ1) is 31.0. The molecule has 1 aliphatic rings. The first-order valence-corrected chi connectivity index (χ1v) is 15.8. The predicted molar refractivity (Wildman–Crippen MR) is 161 cm³/mol. The number of para-hydroxylation sites is 1. The van der Waals surface area contributed by atoms with E-state index in [1.165, 1.54) is 18.2 Å². The molecule has 1 aliphatic carbocycles. The highest BCUT2D eigenvalue weighted by molar-refractivity contribution is 7.91. The molecule has 8 nitrogen and oxygen atoms in total. The number of rotatable bonds is 12. The number of alkyl halides is 2. The van der Waals surface area contributed by atoms with Crippen molar-refractivity contribution in [2.45, 2.75) is 42.0 Å². The van der Waals surface area contributed by atoms with Crippen LogP contribution < -0.4 is 15.8 Å². The SMILES string of the molecule is CCOC(=O)CC(C(=O)Nc1cc(-c2ccccc2OC(Cl)Cl)c(Cl)cc1N)c1ccc(S(=O)(=O)CC2CC2)cc1. The molecule has 0 aliphatic heterocycles. The Morgan fingerprint density at radius 3 is 2.37 bits per heavy atom. The van der Waals surface area contributed by atoms with E-state index in [1.54, 1.807) is 49.4 Å². The summed E-state index contributed by atoms with van der Waals surface area (Å²) in [6, 6.07) is 16.0. The number of nitrogen functional groups attached to an aromatic ring is 1. The summed E-state index contributed by atoms with van der Waals surface area (Å²) in [5, 5.41) is 1.96. The summed E-state index contributed by atoms with van der Waals surface area (Å²) >= 11 is 18.1. The second-order valence-corrected chi connectivity index (χ2v) is 13.1. The Labute approximate surface area is 254 Å². The number of benzene rings is 3. The number of carbonyl (C=O) groups is 2. The molecular weight excluding hydrogens is 611 g/mol. The van der Waals surface area contributed by atoms with Crippen molar-refractivity contribution in [2.24, 2.45) is 5.92 Å². The van der Waals surface area contributed by atoms with Crippen LogP contribution >= 0.6 is 34.8 Å². The lowest BCUT2D eigenvalue weighted by atomic mass is 9.94. The molecule has 4 rings (SSSR count). The first-order valence-electron chi connectivity index (χ1n) is 12.9. The van der Waals surface area contributed by atoms with Gasteiger partial charge in [0.05, 0.1) is 46.0 Å². The van der Waals surface area contributed by atoms with E-state index in [0.29, 0.717) is 27.5 Å². The van der Waals surface area contributed by atoms with Crippen molar-refractivity contribution < 1.29 is 27.5 Å². The summed E-state index contributed by atoms with van der Waals surface area (Å²) in [5.41, 5.74) is 8.14. The number of nitrogens with one attached hydrogen (secondary N) is 1. The van der Waals surface area contributed by atoms with E-state index in [9.17, 15) is 18.0 Å². The Bertz CT molecular complexity index is 1530. The number of anilines is 2. The summed E-state index contributed by atoms with van der Waals surface area (Å²) in [4.78, 5) is 26.2. The van der Waals surface area contributed by atoms with Gasteiger partial charge in [-0.3, -0.25) is 9.59 Å². The fraction of sp³-hybridized carbons (Fsp3) is 0.310. The zero-order valence-electron chi connectivity index (χ0n) is 22.1. The zero-order valence-corrected chi connectivity index (χ0v) is 25.2. The lowest BCUT2D eigenvalue weighted by Gasteiger charge is -2.19. The van der Waals surface area contributed by atoms with Crippen LogP contribution in [0.3, 0.4) is 0 Å². The molecule has 12 heteroatoms. The largest absolute Gasteiger partial charge is 0.466 e. The Hall–Kier alpha value is -2.98. The third-order valence-electron chi connectivity index (χ3n) is 6.58. The van der Waals surface area contributed by atoms with Crippen molar-refractivity contribution in [2.75, 3.05) is 23.4 Å². The van der Waals surface area contributed by atoms with Crippen molar-refractivity contribution in [3.05, 3.63) is 71.2 Å². The third-order valence-corrected chi connectivity index (χ3v) is 8.97. The highest BCUT2D eigenvalue weighted by atomic mass is 35.5. The first-order chi connectivity index (χ1) is 19.5. The van der Waals surface area contributed by atoms with Gasteiger partial charge in [0.25, 0.3) is 0 Å². The smallest absolute Gasteiger partial charge is 0.306 e. The molecule has 1 atom stereocenters. The second-order valence-electron chi connectivity index (χ2n) is 9.64. The van der Waals surface area contributed by atoms with Crippen molar-refractivity contribution in [1.82, 2.24) is 0 Å². The van der Waals surface area contributed by atoms with Gasteiger partial charge in [0.15, 0.2) is 9.84 Å². The van der Waals surface area contributed by atoms with Gasteiger partial charge in [0.1, 0.15) is 5.75 Å². The molecule has 0 heterocycles. The van der Waals surface area contributed by atoms with Gasteiger partial charge >= 0.3 is 5.97 Å². The fourth-order valence-electron chi connectivity index (χ4n) is 4.36. The maximum absolute atomic E-state index is 13.6. The van der Waals surface area contributed by atoms with Gasteiger partial charge < -0.3 is 20.5 Å². The van der Waals surface area contributed by atoms with Crippen molar-refractivity contribution in [1.29, 1.82) is 0 Å². The molecule has 1 unspecified atom stereocenters. The van der Waals surface area contributed by atoms with E-state index < -0.39 is 32.7 Å². The molecule has 0 bridgehead atoms. The lowest BCUT2D eigenvalue weighted by Crippen LogP contribution is -2.25. The van der Waals surface area contributed by atoms with Crippen molar-refractivity contribution in [3.63, 3.8) is 0 Å². The van der Waals surface area contributed by atoms with E-state index >= 15 is 0 Å². The van der Waals surface area contributed by atoms with Crippen LogP contribution in [-0.4, -0.2) is 37.7 Å². The standard InChI is InChI=1S/C29H29Cl3N2O6S/c1-2-39-27(35)14-21(18-9-11-19(12-10-18)41(37,38)16-17-7-8-17)28(36)34-25-13-22(23(30)15-24(25)33)20-5-3-4-6-26(20)40-29(31)32/h3-6,9-13,15,17,21,29H,2,7-8,14,16,33H2,1H3,(H,34,36). The number of ether oxygens (including phenoxy) is 2. The normalized spacial score (nSPS) is 14.0. The number of hydrogen-bond acceptors (Lipinski definition) is 7. The summed E-state index contributed by atoms with van der Waals surface area (Å²) in [6.07, 6.45) is 1.55. The average Bonchev–Trinajstić information content (AvgIpc) is 3.72. The van der Waals surface area contributed by atoms with Gasteiger partial charge in [-0.05, 0) is 61.6 Å². The van der Waals surface area contributed by atoms with Gasteiger partial charge in [-0.2, -0.15) is 0 Å². The van der Waals surface area contributed by atoms with Crippen LogP contribution in [0, 0.1) is 5.92 Å². The molecule has 0 spiro atoms. The van der Waals surface area contributed by atoms with Gasteiger partial charge in [0, 0.05) is 11.1 Å². The van der Waals surface area contributed by atoms with Crippen LogP contribution in [0.15, 0.2) is 65.6 Å². The Morgan fingerprint density at radius 2 is 1.73 bits per heavy atom. The van der Waals surface area contributed by atoms with Crippen molar-refractivity contribution >= 4 is 67.9 Å². The number of carbonyl (C=O) groups excluding carboxylic acids is 2. The second kappa shape index (κ2) is 13.3. The van der Waals surface area contributed by atoms with Gasteiger partial charge in [-0.25, -0.2) is 8.42 Å². The Morgan fingerprint density at radius 1 is 1.05 bits per heavy atom. The molecule has 1 fully saturated rings. The van der Waals surface area contributed by atoms with E-state index in [2.05, 4.69) is 5.32 Å². The Kier molecular flexibility index (Phi) is 10.1. The van der Waals surface area contributed by atoms with Crippen LogP contribution in [0.4, 0.5) is 11.4 Å². The van der Waals surface area contributed by atoms with Crippen LogP contribution in [0.5, 0.6) is 5.75 Å². The van der Waals surface area contributed by atoms with E-state index in [-0.39, 0.29) is 41.0 Å². The van der Waals surface area contributed by atoms with E-state index in [4.69, 9.17) is 50.0 Å². The minimum Gasteiger partial charge on any atom is -0.466 e. The quantitative estimate of drug-likeness (QED) is 0.130. The fourth-order valence-corrected chi connectivity index (χ4v) is 6.52. The Balaban J connectivity index is 1.64. The molecule has 0 radical (unpaired) electrons. The molecule has 3 aromatic rings. The maximum Gasteiger partial charge on any atom is 0.306 e. The number of hydrogen-bond donors (Lipinski definition) is 2. The molecule has 3 N–H and O–H groups in total. The van der Waals surface area contributed by atoms with Gasteiger partial charge in [-0.1, -0.05) is 65.1 Å². The minimum absolute atomic E-state index is 0.0991. The summed E-state index contributed by atoms with van der Waals surface area (Å²) in [7, 11) is -3.44. The van der Waals surface area contributed by atoms with Gasteiger partial charge in [-0.15, -0.1) is 0 Å². The highest BCUT2D eigenvalue weighted by Crippen LogP contribution is 2.40. The third kappa shape index (κ3) is 8.07.